The van der Waals surface area contributed by atoms with Gasteiger partial charge in [-0.1, -0.05) is 17.7 Å². The minimum Gasteiger partial charge on any atom is -0.489 e. The zero-order valence-corrected chi connectivity index (χ0v) is 13.9. The van der Waals surface area contributed by atoms with Crippen LogP contribution in [0.2, 0.25) is 5.02 Å². The van der Waals surface area contributed by atoms with E-state index in [1.807, 2.05) is 32.0 Å². The molecule has 7 heteroatoms. The Morgan fingerprint density at radius 3 is 2.83 bits per heavy atom. The van der Waals surface area contributed by atoms with E-state index in [0.29, 0.717) is 42.3 Å². The van der Waals surface area contributed by atoms with Gasteiger partial charge in [0.2, 0.25) is 5.91 Å². The van der Waals surface area contributed by atoms with Gasteiger partial charge in [0.25, 0.3) is 5.91 Å². The van der Waals surface area contributed by atoms with Crippen molar-refractivity contribution in [3.63, 3.8) is 0 Å². The fourth-order valence-corrected chi connectivity index (χ4v) is 2.36. The van der Waals surface area contributed by atoms with Crippen LogP contribution in [-0.4, -0.2) is 30.2 Å². The monoisotopic (exact) mass is 337 g/mol. The fourth-order valence-electron chi connectivity index (χ4n) is 2.11. The van der Waals surface area contributed by atoms with Gasteiger partial charge >= 0.3 is 0 Å². The summed E-state index contributed by atoms with van der Waals surface area (Å²) >= 11 is 6.18. The summed E-state index contributed by atoms with van der Waals surface area (Å²) in [5, 5.41) is 7.10. The molecule has 1 aliphatic rings. The van der Waals surface area contributed by atoms with Gasteiger partial charge in [0.1, 0.15) is 11.5 Å². The highest BCUT2D eigenvalue weighted by atomic mass is 35.5. The highest BCUT2D eigenvalue weighted by Gasteiger charge is 2.17. The SMILES string of the molecule is CC(C)Oc1ccc(CCNC(=O)C2=NNC(=O)CC2)cc1Cl. The van der Waals surface area contributed by atoms with Crippen LogP contribution in [0, 0.1) is 0 Å². The Kier molecular flexibility index (Phi) is 5.98. The van der Waals surface area contributed by atoms with Gasteiger partial charge in [-0.05, 0) is 38.0 Å². The molecule has 0 aromatic heterocycles. The normalized spacial score (nSPS) is 14.3. The van der Waals surface area contributed by atoms with E-state index in [4.69, 9.17) is 16.3 Å². The van der Waals surface area contributed by atoms with Crippen molar-refractivity contribution in [2.24, 2.45) is 5.10 Å². The van der Waals surface area contributed by atoms with Crippen LogP contribution in [0.15, 0.2) is 23.3 Å². The molecule has 0 radical (unpaired) electrons. The van der Waals surface area contributed by atoms with Gasteiger partial charge in [-0.15, -0.1) is 0 Å². The first-order valence-electron chi connectivity index (χ1n) is 7.54. The average molecular weight is 338 g/mol. The van der Waals surface area contributed by atoms with E-state index in [-0.39, 0.29) is 17.9 Å². The van der Waals surface area contributed by atoms with Crippen LogP contribution >= 0.6 is 11.6 Å². The molecule has 0 spiro atoms. The molecule has 0 fully saturated rings. The van der Waals surface area contributed by atoms with Crippen LogP contribution in [0.5, 0.6) is 5.75 Å². The molecular formula is C16H20ClN3O3. The average Bonchev–Trinajstić information content (AvgIpc) is 2.50. The van der Waals surface area contributed by atoms with Crippen LogP contribution in [-0.2, 0) is 16.0 Å². The van der Waals surface area contributed by atoms with Crippen LogP contribution in [0.25, 0.3) is 0 Å². The van der Waals surface area contributed by atoms with E-state index in [1.54, 1.807) is 0 Å². The number of nitrogens with one attached hydrogen (secondary N) is 2. The summed E-state index contributed by atoms with van der Waals surface area (Å²) in [6.45, 7) is 4.35. The molecule has 0 unspecified atom stereocenters. The van der Waals surface area contributed by atoms with Crippen molar-refractivity contribution in [1.82, 2.24) is 10.7 Å². The Balaban J connectivity index is 1.83. The summed E-state index contributed by atoms with van der Waals surface area (Å²) in [5.74, 6) is 0.234. The number of hydrazone groups is 1. The number of nitrogens with zero attached hydrogens (tertiary/aromatic N) is 1. The number of benzene rings is 1. The highest BCUT2D eigenvalue weighted by Crippen LogP contribution is 2.26. The molecular weight excluding hydrogens is 318 g/mol. The molecule has 23 heavy (non-hydrogen) atoms. The minimum atomic E-state index is -0.254. The maximum Gasteiger partial charge on any atom is 0.267 e. The highest BCUT2D eigenvalue weighted by molar-refractivity contribution is 6.39. The Morgan fingerprint density at radius 1 is 1.43 bits per heavy atom. The number of amides is 2. The van der Waals surface area contributed by atoms with Gasteiger partial charge in [-0.3, -0.25) is 9.59 Å². The molecule has 0 bridgehead atoms. The van der Waals surface area contributed by atoms with Crippen molar-refractivity contribution >= 4 is 29.1 Å². The maximum atomic E-state index is 11.9. The van der Waals surface area contributed by atoms with Crippen molar-refractivity contribution in [1.29, 1.82) is 0 Å². The molecule has 124 valence electrons. The molecule has 2 amide bonds. The molecule has 0 saturated heterocycles. The van der Waals surface area contributed by atoms with Crippen molar-refractivity contribution in [3.8, 4) is 5.75 Å². The van der Waals surface area contributed by atoms with Crippen molar-refractivity contribution in [2.75, 3.05) is 6.54 Å². The molecule has 6 nitrogen and oxygen atoms in total. The van der Waals surface area contributed by atoms with Gasteiger partial charge in [0.05, 0.1) is 11.1 Å². The second-order valence-electron chi connectivity index (χ2n) is 5.53. The van der Waals surface area contributed by atoms with Crippen LogP contribution in [0.4, 0.5) is 0 Å². The molecule has 1 aromatic carbocycles. The lowest BCUT2D eigenvalue weighted by atomic mass is 10.1. The zero-order chi connectivity index (χ0) is 16.8. The molecule has 0 saturated carbocycles. The largest absolute Gasteiger partial charge is 0.489 e. The predicted octanol–water partition coefficient (Wildman–Crippen LogP) is 2.05. The van der Waals surface area contributed by atoms with Crippen molar-refractivity contribution < 1.29 is 14.3 Å². The maximum absolute atomic E-state index is 11.9. The number of carbonyl (C=O) groups is 2. The molecule has 1 aliphatic heterocycles. The van der Waals surface area contributed by atoms with Gasteiger partial charge in [-0.2, -0.15) is 5.10 Å². The molecule has 2 rings (SSSR count). The van der Waals surface area contributed by atoms with Crippen LogP contribution in [0.3, 0.4) is 0 Å². The molecule has 2 N–H and O–H groups in total. The summed E-state index contributed by atoms with van der Waals surface area (Å²) in [6, 6.07) is 5.60. The third-order valence-corrected chi connectivity index (χ3v) is 3.52. The van der Waals surface area contributed by atoms with Crippen molar-refractivity contribution in [3.05, 3.63) is 28.8 Å². The molecule has 1 aromatic rings. The first kappa shape index (κ1) is 17.3. The second kappa shape index (κ2) is 7.97. The molecule has 0 atom stereocenters. The smallest absolute Gasteiger partial charge is 0.267 e. The minimum absolute atomic E-state index is 0.0643. The number of ether oxygens (including phenoxy) is 1. The van der Waals surface area contributed by atoms with E-state index in [2.05, 4.69) is 15.8 Å². The molecule has 0 aliphatic carbocycles. The summed E-state index contributed by atoms with van der Waals surface area (Å²) in [4.78, 5) is 22.9. The standard InChI is InChI=1S/C16H20ClN3O3/c1-10(2)23-14-5-3-11(9-12(14)17)7-8-18-16(22)13-4-6-15(21)20-19-13/h3,5,9-10H,4,6-8H2,1-2H3,(H,18,22)(H,20,21). The van der Waals surface area contributed by atoms with Crippen LogP contribution in [0.1, 0.15) is 32.3 Å². The lowest BCUT2D eigenvalue weighted by Crippen LogP contribution is -2.37. The predicted molar refractivity (Wildman–Crippen MR) is 88.7 cm³/mol. The van der Waals surface area contributed by atoms with Crippen molar-refractivity contribution in [2.45, 2.75) is 39.2 Å². The van der Waals surface area contributed by atoms with E-state index in [0.717, 1.165) is 5.56 Å². The fraction of sp³-hybridized carbons (Fsp3) is 0.438. The van der Waals surface area contributed by atoms with E-state index >= 15 is 0 Å². The van der Waals surface area contributed by atoms with Gasteiger partial charge in [-0.25, -0.2) is 5.43 Å². The van der Waals surface area contributed by atoms with E-state index in [1.165, 1.54) is 0 Å². The van der Waals surface area contributed by atoms with Crippen LogP contribution < -0.4 is 15.5 Å². The lowest BCUT2D eigenvalue weighted by Gasteiger charge is -2.13. The van der Waals surface area contributed by atoms with Gasteiger partial charge in [0.15, 0.2) is 0 Å². The second-order valence-corrected chi connectivity index (χ2v) is 5.94. The number of hydrogen-bond acceptors (Lipinski definition) is 4. The molecule has 1 heterocycles. The summed E-state index contributed by atoms with van der Waals surface area (Å²) in [6.07, 6.45) is 1.37. The summed E-state index contributed by atoms with van der Waals surface area (Å²) in [5.41, 5.74) is 3.66. The number of halogens is 1. The first-order valence-corrected chi connectivity index (χ1v) is 7.92. The lowest BCUT2D eigenvalue weighted by molar-refractivity contribution is -0.121. The summed E-state index contributed by atoms with van der Waals surface area (Å²) < 4.78 is 5.58. The first-order chi connectivity index (χ1) is 11.0. The van der Waals surface area contributed by atoms with Gasteiger partial charge < -0.3 is 10.1 Å². The Hall–Kier alpha value is -2.08. The Bertz CT molecular complexity index is 629. The Labute approximate surface area is 140 Å². The quantitative estimate of drug-likeness (QED) is 0.833. The van der Waals surface area contributed by atoms with E-state index < -0.39 is 0 Å². The topological polar surface area (TPSA) is 79.8 Å². The number of rotatable bonds is 6. The third-order valence-electron chi connectivity index (χ3n) is 3.22. The number of carbonyl (C=O) groups excluding carboxylic acids is 2. The summed E-state index contributed by atoms with van der Waals surface area (Å²) in [7, 11) is 0. The zero-order valence-electron chi connectivity index (χ0n) is 13.2. The van der Waals surface area contributed by atoms with E-state index in [9.17, 15) is 9.59 Å². The van der Waals surface area contributed by atoms with Gasteiger partial charge in [0, 0.05) is 19.4 Å². The third kappa shape index (κ3) is 5.25. The Morgan fingerprint density at radius 2 is 2.22 bits per heavy atom. The number of hydrogen-bond donors (Lipinski definition) is 2.